The molecule has 0 spiro atoms. The smallest absolute Gasteiger partial charge is 0.225 e. The lowest BCUT2D eigenvalue weighted by atomic mass is 9.91. The second kappa shape index (κ2) is 9.32. The number of likely N-dealkylation sites (tertiary alicyclic amines) is 1. The zero-order chi connectivity index (χ0) is 23.8. The number of hydrogen-bond donors (Lipinski definition) is 1. The number of fused-ring (bicyclic) bond motifs is 1. The Balaban J connectivity index is 1.12. The fourth-order valence-corrected chi connectivity index (χ4v) is 5.64. The zero-order valence-electron chi connectivity index (χ0n) is 20.2. The number of allylic oxidation sites excluding steroid dienone is 4. The number of carbonyl (C=O) groups excluding carboxylic acids is 1. The predicted octanol–water partition coefficient (Wildman–Crippen LogP) is 2.47. The third-order valence-corrected chi connectivity index (χ3v) is 7.81. The molecule has 3 aromatic heterocycles. The van der Waals surface area contributed by atoms with E-state index in [2.05, 4.69) is 64.6 Å². The molecule has 3 atom stereocenters. The zero-order valence-corrected chi connectivity index (χ0v) is 20.2. The minimum Gasteiger partial charge on any atom is -0.366 e. The number of pyridine rings is 1. The number of nitrogens with zero attached hydrogens (tertiary/aromatic N) is 5. The van der Waals surface area contributed by atoms with Crippen molar-refractivity contribution >= 4 is 30.7 Å². The van der Waals surface area contributed by atoms with Crippen LogP contribution in [0.4, 0.5) is 5.82 Å². The summed E-state index contributed by atoms with van der Waals surface area (Å²) < 4.78 is 1.88. The summed E-state index contributed by atoms with van der Waals surface area (Å²) in [6, 6.07) is 6.15. The first kappa shape index (κ1) is 22.1. The van der Waals surface area contributed by atoms with Crippen LogP contribution in [-0.4, -0.2) is 51.3 Å². The molecule has 7 nitrogen and oxygen atoms in total. The van der Waals surface area contributed by atoms with Gasteiger partial charge in [0.25, 0.3) is 0 Å². The summed E-state index contributed by atoms with van der Waals surface area (Å²) >= 11 is 0. The van der Waals surface area contributed by atoms with Crippen LogP contribution in [0, 0.1) is 17.8 Å². The molecular formula is C27H31BN6O. The quantitative estimate of drug-likeness (QED) is 0.565. The van der Waals surface area contributed by atoms with Crippen molar-refractivity contribution in [1.82, 2.24) is 24.5 Å². The molecule has 2 fully saturated rings. The number of aromatic nitrogens is 4. The molecule has 8 heteroatoms. The second-order valence-corrected chi connectivity index (χ2v) is 10.2. The Morgan fingerprint density at radius 1 is 1.20 bits per heavy atom. The fourth-order valence-electron chi connectivity index (χ4n) is 5.64. The van der Waals surface area contributed by atoms with Crippen LogP contribution in [0.5, 0.6) is 0 Å². The van der Waals surface area contributed by atoms with Gasteiger partial charge in [-0.05, 0) is 54.6 Å². The summed E-state index contributed by atoms with van der Waals surface area (Å²) in [5.74, 6) is 2.95. The molecule has 1 amide bonds. The van der Waals surface area contributed by atoms with E-state index in [-0.39, 0.29) is 5.92 Å². The molecule has 4 heterocycles. The Kier molecular flexibility index (Phi) is 5.88. The molecule has 1 unspecified atom stereocenters. The van der Waals surface area contributed by atoms with E-state index in [1.165, 1.54) is 0 Å². The summed E-state index contributed by atoms with van der Waals surface area (Å²) in [5, 5.41) is 8.07. The fraction of sp³-hybridized carbons (Fsp3) is 0.407. The van der Waals surface area contributed by atoms with Crippen LogP contribution in [-0.2, 0) is 11.3 Å². The van der Waals surface area contributed by atoms with E-state index in [1.54, 1.807) is 6.20 Å². The maximum absolute atomic E-state index is 13.2. The highest BCUT2D eigenvalue weighted by Crippen LogP contribution is 2.48. The van der Waals surface area contributed by atoms with Crippen LogP contribution in [0.3, 0.4) is 0 Å². The molecule has 0 bridgehead atoms. The summed E-state index contributed by atoms with van der Waals surface area (Å²) in [6.45, 7) is 2.31. The van der Waals surface area contributed by atoms with Gasteiger partial charge in [-0.1, -0.05) is 30.4 Å². The van der Waals surface area contributed by atoms with Crippen molar-refractivity contribution < 1.29 is 4.79 Å². The lowest BCUT2D eigenvalue weighted by Crippen LogP contribution is -2.39. The molecule has 1 aliphatic heterocycles. The van der Waals surface area contributed by atoms with Gasteiger partial charge in [0.05, 0.1) is 0 Å². The molecule has 1 saturated carbocycles. The summed E-state index contributed by atoms with van der Waals surface area (Å²) in [5.41, 5.74) is 4.17. The summed E-state index contributed by atoms with van der Waals surface area (Å²) in [6.07, 6.45) is 18.3. The van der Waals surface area contributed by atoms with Crippen molar-refractivity contribution in [3.8, 4) is 0 Å². The number of anilines is 1. The molecule has 3 aromatic rings. The van der Waals surface area contributed by atoms with Crippen molar-refractivity contribution in [2.24, 2.45) is 17.8 Å². The van der Waals surface area contributed by atoms with Gasteiger partial charge in [0.15, 0.2) is 5.65 Å². The maximum atomic E-state index is 13.2. The van der Waals surface area contributed by atoms with Crippen LogP contribution in [0.1, 0.15) is 42.9 Å². The molecule has 0 radical (unpaired) electrons. The average molecular weight is 466 g/mol. The second-order valence-electron chi connectivity index (χ2n) is 10.2. The molecule has 3 aliphatic rings. The monoisotopic (exact) mass is 466 g/mol. The van der Waals surface area contributed by atoms with Gasteiger partial charge in [-0.25, -0.2) is 4.98 Å². The summed E-state index contributed by atoms with van der Waals surface area (Å²) in [7, 11) is 2.05. The molecule has 2 aliphatic carbocycles. The lowest BCUT2D eigenvalue weighted by Gasteiger charge is -2.32. The summed E-state index contributed by atoms with van der Waals surface area (Å²) in [4.78, 5) is 24.5. The topological polar surface area (TPSA) is 75.4 Å². The van der Waals surface area contributed by atoms with Gasteiger partial charge in [-0.2, -0.15) is 9.61 Å². The molecule has 6 rings (SSSR count). The van der Waals surface area contributed by atoms with Crippen LogP contribution < -0.4 is 10.8 Å². The van der Waals surface area contributed by atoms with E-state index >= 15 is 0 Å². The average Bonchev–Trinajstić information content (AvgIpc) is 3.64. The SMILES string of the molecule is Bc1cnn2c(NCc3cccnc3)cc(C3CCN(C(=O)[C@@H]4C[C@H]4C4C=CC=CC4)CC3)nc12. The largest absolute Gasteiger partial charge is 0.366 e. The van der Waals surface area contributed by atoms with E-state index in [4.69, 9.17) is 4.98 Å². The predicted molar refractivity (Wildman–Crippen MR) is 139 cm³/mol. The number of carbonyl (C=O) groups is 1. The maximum Gasteiger partial charge on any atom is 0.225 e. The number of amides is 1. The Bertz CT molecular complexity index is 1280. The van der Waals surface area contributed by atoms with Gasteiger partial charge in [-0.15, -0.1) is 0 Å². The van der Waals surface area contributed by atoms with Gasteiger partial charge >= 0.3 is 0 Å². The molecular weight excluding hydrogens is 435 g/mol. The van der Waals surface area contributed by atoms with E-state index in [0.29, 0.717) is 30.2 Å². The first-order valence-electron chi connectivity index (χ1n) is 12.8. The minimum absolute atomic E-state index is 0.222. The first-order valence-corrected chi connectivity index (χ1v) is 12.8. The molecule has 1 saturated heterocycles. The third-order valence-electron chi connectivity index (χ3n) is 7.81. The van der Waals surface area contributed by atoms with Crippen LogP contribution in [0.2, 0.25) is 0 Å². The van der Waals surface area contributed by atoms with Crippen LogP contribution in [0.15, 0.2) is 61.1 Å². The van der Waals surface area contributed by atoms with E-state index in [0.717, 1.165) is 67.0 Å². The van der Waals surface area contributed by atoms with E-state index < -0.39 is 0 Å². The molecule has 0 aromatic carbocycles. The Labute approximate surface area is 206 Å². The Morgan fingerprint density at radius 2 is 2.09 bits per heavy atom. The van der Waals surface area contributed by atoms with Gasteiger partial charge in [0.1, 0.15) is 13.7 Å². The van der Waals surface area contributed by atoms with E-state index in [1.807, 2.05) is 23.0 Å². The van der Waals surface area contributed by atoms with Crippen molar-refractivity contribution in [3.63, 3.8) is 0 Å². The van der Waals surface area contributed by atoms with Crippen LogP contribution in [0.25, 0.3) is 5.65 Å². The normalized spacial score (nSPS) is 24.1. The Hall–Kier alpha value is -3.42. The van der Waals surface area contributed by atoms with Crippen molar-refractivity contribution in [3.05, 3.63) is 72.4 Å². The Morgan fingerprint density at radius 3 is 2.86 bits per heavy atom. The van der Waals surface area contributed by atoms with Gasteiger partial charge in [-0.3, -0.25) is 9.78 Å². The van der Waals surface area contributed by atoms with Gasteiger partial charge in [0.2, 0.25) is 5.91 Å². The molecule has 1 N–H and O–H groups in total. The van der Waals surface area contributed by atoms with Gasteiger partial charge < -0.3 is 10.2 Å². The van der Waals surface area contributed by atoms with Gasteiger partial charge in [0, 0.05) is 61.8 Å². The van der Waals surface area contributed by atoms with Crippen molar-refractivity contribution in [2.45, 2.75) is 38.1 Å². The molecule has 178 valence electrons. The number of rotatable bonds is 6. The van der Waals surface area contributed by atoms with Crippen molar-refractivity contribution in [1.29, 1.82) is 0 Å². The molecule has 35 heavy (non-hydrogen) atoms. The lowest BCUT2D eigenvalue weighted by molar-refractivity contribution is -0.134. The van der Waals surface area contributed by atoms with E-state index in [9.17, 15) is 4.79 Å². The standard InChI is InChI=1S/C27H31BN6O/c28-23-17-31-34-25(30-16-18-5-4-10-29-15-18)14-24(32-26(23)34)20-8-11-33(12-9-20)27(35)22-13-21(22)19-6-2-1-3-7-19/h1-6,10,14-15,17,19-22,30H,7-9,11-13,16,28H2/t19?,21-,22+/m0/s1. The van der Waals surface area contributed by atoms with Crippen LogP contribution >= 0.6 is 0 Å². The number of piperidine rings is 1. The first-order chi connectivity index (χ1) is 17.2. The highest BCUT2D eigenvalue weighted by atomic mass is 16.2. The highest BCUT2D eigenvalue weighted by molar-refractivity contribution is 6.36. The third kappa shape index (κ3) is 4.49. The number of nitrogens with one attached hydrogen (secondary N) is 1. The minimum atomic E-state index is 0.222. The number of hydrogen-bond acceptors (Lipinski definition) is 5. The van der Waals surface area contributed by atoms with Crippen molar-refractivity contribution in [2.75, 3.05) is 18.4 Å². The highest BCUT2D eigenvalue weighted by Gasteiger charge is 2.48.